The molecule has 1 aliphatic heterocycles. The highest BCUT2D eigenvalue weighted by Crippen LogP contribution is 2.34. The van der Waals surface area contributed by atoms with Crippen LogP contribution in [0.4, 0.5) is 4.39 Å². The van der Waals surface area contributed by atoms with Crippen LogP contribution in [0.15, 0.2) is 57.9 Å². The Balaban J connectivity index is 1.53. The molecule has 1 aromatic carbocycles. The lowest BCUT2D eigenvalue weighted by Crippen LogP contribution is -2.36. The first-order valence-corrected chi connectivity index (χ1v) is 12.2. The van der Waals surface area contributed by atoms with Gasteiger partial charge in [0.1, 0.15) is 17.9 Å². The molecule has 4 aromatic rings. The quantitative estimate of drug-likeness (QED) is 0.427. The Morgan fingerprint density at radius 1 is 1.20 bits per heavy atom. The molecule has 0 radical (unpaired) electrons. The van der Waals surface area contributed by atoms with Gasteiger partial charge < -0.3 is 0 Å². The predicted molar refractivity (Wildman–Crippen MR) is 133 cm³/mol. The van der Waals surface area contributed by atoms with E-state index in [1.807, 2.05) is 38.3 Å². The maximum Gasteiger partial charge on any atom is 0.293 e. The number of halogens is 1. The molecule has 35 heavy (non-hydrogen) atoms. The summed E-state index contributed by atoms with van der Waals surface area (Å²) in [5.74, 6) is -0.722. The smallest absolute Gasteiger partial charge is 0.271 e. The van der Waals surface area contributed by atoms with E-state index in [-0.39, 0.29) is 23.8 Å². The summed E-state index contributed by atoms with van der Waals surface area (Å²) in [5, 5.41) is 17.4. The molecular weight excluding hydrogens is 467 g/mol. The largest absolute Gasteiger partial charge is 0.293 e. The molecular formula is C25H25FN6O2S. The van der Waals surface area contributed by atoms with Gasteiger partial charge in [0, 0.05) is 11.8 Å². The summed E-state index contributed by atoms with van der Waals surface area (Å²) in [4.78, 5) is 27.9. The lowest BCUT2D eigenvalue weighted by atomic mass is 10.0. The summed E-state index contributed by atoms with van der Waals surface area (Å²) < 4.78 is 16.4. The van der Waals surface area contributed by atoms with Crippen LogP contribution in [0.3, 0.4) is 0 Å². The first kappa shape index (κ1) is 23.1. The Morgan fingerprint density at radius 3 is 2.60 bits per heavy atom. The summed E-state index contributed by atoms with van der Waals surface area (Å²) in [6, 6.07) is 9.55. The van der Waals surface area contributed by atoms with Crippen LogP contribution in [0.5, 0.6) is 0 Å². The number of fused-ring (bicyclic) bond motifs is 1. The third-order valence-corrected chi connectivity index (χ3v) is 6.93. The zero-order valence-electron chi connectivity index (χ0n) is 19.9. The fourth-order valence-electron chi connectivity index (χ4n) is 4.31. The van der Waals surface area contributed by atoms with Crippen molar-refractivity contribution < 1.29 is 9.18 Å². The van der Waals surface area contributed by atoms with E-state index in [4.69, 9.17) is 0 Å². The molecule has 0 spiro atoms. The summed E-state index contributed by atoms with van der Waals surface area (Å²) in [6.07, 6.45) is 2.13. The van der Waals surface area contributed by atoms with Gasteiger partial charge in [0.25, 0.3) is 11.5 Å². The van der Waals surface area contributed by atoms with Gasteiger partial charge in [0.15, 0.2) is 0 Å². The van der Waals surface area contributed by atoms with E-state index in [1.54, 1.807) is 41.3 Å². The van der Waals surface area contributed by atoms with Crippen molar-refractivity contribution in [1.82, 2.24) is 24.6 Å². The van der Waals surface area contributed by atoms with Gasteiger partial charge in [-0.25, -0.2) is 14.1 Å². The number of thiophene rings is 1. The van der Waals surface area contributed by atoms with Gasteiger partial charge in [-0.15, -0.1) is 11.3 Å². The van der Waals surface area contributed by atoms with E-state index >= 15 is 0 Å². The third kappa shape index (κ3) is 4.18. The molecule has 0 unspecified atom stereocenters. The highest BCUT2D eigenvalue weighted by molar-refractivity contribution is 7.12. The van der Waals surface area contributed by atoms with Crippen LogP contribution in [0.25, 0.3) is 10.9 Å². The molecule has 0 saturated heterocycles. The summed E-state index contributed by atoms with van der Waals surface area (Å²) >= 11 is 1.54. The van der Waals surface area contributed by atoms with Gasteiger partial charge >= 0.3 is 0 Å². The number of aromatic nitrogens is 4. The van der Waals surface area contributed by atoms with Crippen molar-refractivity contribution in [2.75, 3.05) is 0 Å². The number of hydrazone groups is 1. The maximum absolute atomic E-state index is 13.6. The second-order valence-corrected chi connectivity index (χ2v) is 10.5. The van der Waals surface area contributed by atoms with E-state index < -0.39 is 11.6 Å². The lowest BCUT2D eigenvalue weighted by Gasteiger charge is -2.23. The van der Waals surface area contributed by atoms with Gasteiger partial charge in [-0.05, 0) is 56.8 Å². The summed E-state index contributed by atoms with van der Waals surface area (Å²) in [5.41, 5.74) is 1.78. The second-order valence-electron chi connectivity index (χ2n) is 9.57. The Labute approximate surface area is 205 Å². The van der Waals surface area contributed by atoms with E-state index in [9.17, 15) is 14.0 Å². The number of carbonyl (C=O) groups excluding carboxylic acids is 1. The van der Waals surface area contributed by atoms with Crippen LogP contribution in [-0.4, -0.2) is 36.2 Å². The van der Waals surface area contributed by atoms with E-state index in [1.165, 1.54) is 21.8 Å². The third-order valence-electron chi connectivity index (χ3n) is 6.01. The topological polar surface area (TPSA) is 85.4 Å². The number of nitrogens with zero attached hydrogens (tertiary/aromatic N) is 6. The van der Waals surface area contributed by atoms with Crippen molar-refractivity contribution in [3.8, 4) is 0 Å². The number of amides is 1. The molecule has 8 nitrogen and oxygen atoms in total. The van der Waals surface area contributed by atoms with Gasteiger partial charge in [-0.3, -0.25) is 14.3 Å². The Kier molecular flexibility index (Phi) is 5.63. The van der Waals surface area contributed by atoms with Crippen LogP contribution in [-0.2, 0) is 16.9 Å². The minimum Gasteiger partial charge on any atom is -0.271 e. The molecule has 0 saturated carbocycles. The molecule has 4 heterocycles. The van der Waals surface area contributed by atoms with Gasteiger partial charge in [-0.2, -0.15) is 15.3 Å². The lowest BCUT2D eigenvalue weighted by molar-refractivity contribution is -0.133. The number of benzene rings is 1. The Hall–Kier alpha value is -3.66. The van der Waals surface area contributed by atoms with Crippen molar-refractivity contribution in [3.05, 3.63) is 80.3 Å². The first-order chi connectivity index (χ1) is 16.6. The van der Waals surface area contributed by atoms with Crippen LogP contribution in [0, 0.1) is 12.7 Å². The Morgan fingerprint density at radius 2 is 1.94 bits per heavy atom. The molecule has 3 aromatic heterocycles. The minimum absolute atomic E-state index is 0.274. The Bertz CT molecular complexity index is 1500. The van der Waals surface area contributed by atoms with Crippen LogP contribution in [0.1, 0.15) is 49.4 Å². The average molecular weight is 493 g/mol. The normalized spacial score (nSPS) is 16.2. The van der Waals surface area contributed by atoms with E-state index in [0.29, 0.717) is 23.0 Å². The highest BCUT2D eigenvalue weighted by atomic mass is 32.1. The molecule has 1 amide bonds. The van der Waals surface area contributed by atoms with Crippen molar-refractivity contribution in [2.24, 2.45) is 5.10 Å². The molecule has 0 aliphatic carbocycles. The fourth-order valence-corrected chi connectivity index (χ4v) is 5.04. The van der Waals surface area contributed by atoms with Gasteiger partial charge in [-0.1, -0.05) is 18.2 Å². The SMILES string of the molecule is Cc1nn(CC(=O)N2N=C(c3cccs3)C[C@H]2c2ccc(F)cc2)c(=O)c2c1cnn2C(C)(C)C. The molecule has 0 fully saturated rings. The molecule has 10 heteroatoms. The van der Waals surface area contributed by atoms with E-state index in [0.717, 1.165) is 16.2 Å². The molecule has 1 atom stereocenters. The van der Waals surface area contributed by atoms with Crippen molar-refractivity contribution in [3.63, 3.8) is 0 Å². The number of hydrogen-bond acceptors (Lipinski definition) is 6. The number of aryl methyl sites for hydroxylation is 1. The second kappa shape index (κ2) is 8.53. The molecule has 0 bridgehead atoms. The zero-order chi connectivity index (χ0) is 24.9. The van der Waals surface area contributed by atoms with Crippen molar-refractivity contribution in [1.29, 1.82) is 0 Å². The highest BCUT2D eigenvalue weighted by Gasteiger charge is 2.34. The predicted octanol–water partition coefficient (Wildman–Crippen LogP) is 4.23. The van der Waals surface area contributed by atoms with Crippen LogP contribution >= 0.6 is 11.3 Å². The zero-order valence-corrected chi connectivity index (χ0v) is 20.7. The molecule has 180 valence electrons. The van der Waals surface area contributed by atoms with Crippen molar-refractivity contribution >= 4 is 33.9 Å². The standard InChI is InChI=1S/C25H25FN6O2S/c1-15-18-13-27-32(25(2,3)4)23(18)24(34)30(28-15)14-22(33)31-20(16-7-9-17(26)10-8-16)12-19(29-31)21-6-5-11-35-21/h5-11,13,20H,12,14H2,1-4H3/t20-/m0/s1. The monoisotopic (exact) mass is 492 g/mol. The van der Waals surface area contributed by atoms with Crippen LogP contribution in [0.2, 0.25) is 0 Å². The minimum atomic E-state index is -0.418. The number of hydrogen-bond donors (Lipinski definition) is 0. The van der Waals surface area contributed by atoms with Crippen molar-refractivity contribution in [2.45, 2.75) is 52.2 Å². The maximum atomic E-state index is 13.6. The van der Waals surface area contributed by atoms with Crippen LogP contribution < -0.4 is 5.56 Å². The van der Waals surface area contributed by atoms with E-state index in [2.05, 4.69) is 15.3 Å². The molecule has 5 rings (SSSR count). The number of rotatable bonds is 4. The number of carbonyl (C=O) groups is 1. The summed E-state index contributed by atoms with van der Waals surface area (Å²) in [7, 11) is 0. The molecule has 1 aliphatic rings. The average Bonchev–Trinajstić information content (AvgIpc) is 3.56. The fraction of sp³-hybridized carbons (Fsp3) is 0.320. The summed E-state index contributed by atoms with van der Waals surface area (Å²) in [6.45, 7) is 7.40. The van der Waals surface area contributed by atoms with Gasteiger partial charge in [0.2, 0.25) is 0 Å². The van der Waals surface area contributed by atoms with Gasteiger partial charge in [0.05, 0.1) is 34.1 Å². The first-order valence-electron chi connectivity index (χ1n) is 11.3. The molecule has 0 N–H and O–H groups in total.